The van der Waals surface area contributed by atoms with Gasteiger partial charge >= 0.3 is 12.6 Å². The summed E-state index contributed by atoms with van der Waals surface area (Å²) in [6.07, 6.45) is 0. The SMILES string of the molecule is O=C(COC(=O)c1ccc(OC(F)F)cc1)Nc1ccc([N+](=O)[O-])cc1Cl. The molecule has 0 spiro atoms. The number of benzene rings is 2. The molecule has 0 atom stereocenters. The number of carbonyl (C=O) groups is 2. The predicted octanol–water partition coefficient (Wildman–Crippen LogP) is 3.65. The van der Waals surface area contributed by atoms with Crippen molar-refractivity contribution in [3.63, 3.8) is 0 Å². The van der Waals surface area contributed by atoms with Crippen LogP contribution >= 0.6 is 11.6 Å². The van der Waals surface area contributed by atoms with Gasteiger partial charge in [-0.25, -0.2) is 4.79 Å². The zero-order chi connectivity index (χ0) is 20.0. The lowest BCUT2D eigenvalue weighted by Gasteiger charge is -2.08. The molecule has 0 fully saturated rings. The van der Waals surface area contributed by atoms with E-state index in [0.29, 0.717) is 0 Å². The summed E-state index contributed by atoms with van der Waals surface area (Å²) < 4.78 is 33.1. The molecule has 0 bridgehead atoms. The van der Waals surface area contributed by atoms with Gasteiger partial charge in [0.25, 0.3) is 11.6 Å². The van der Waals surface area contributed by atoms with Crippen molar-refractivity contribution in [2.75, 3.05) is 11.9 Å². The van der Waals surface area contributed by atoms with E-state index in [-0.39, 0.29) is 27.7 Å². The molecule has 11 heteroatoms. The number of ether oxygens (including phenoxy) is 2. The quantitative estimate of drug-likeness (QED) is 0.432. The van der Waals surface area contributed by atoms with Crippen molar-refractivity contribution >= 4 is 34.9 Å². The molecule has 1 N–H and O–H groups in total. The van der Waals surface area contributed by atoms with Crippen molar-refractivity contribution in [3.8, 4) is 5.75 Å². The predicted molar refractivity (Wildman–Crippen MR) is 90.1 cm³/mol. The highest BCUT2D eigenvalue weighted by atomic mass is 35.5. The second-order valence-corrected chi connectivity index (χ2v) is 5.36. The molecule has 0 aliphatic rings. The summed E-state index contributed by atoms with van der Waals surface area (Å²) in [6, 6.07) is 8.15. The molecule has 0 aromatic heterocycles. The number of nitro groups is 1. The first-order valence-electron chi connectivity index (χ1n) is 7.22. The highest BCUT2D eigenvalue weighted by Gasteiger charge is 2.14. The minimum Gasteiger partial charge on any atom is -0.452 e. The van der Waals surface area contributed by atoms with Crippen LogP contribution in [0, 0.1) is 10.1 Å². The number of nitrogens with one attached hydrogen (secondary N) is 1. The maximum absolute atomic E-state index is 12.1. The molecule has 2 rings (SSSR count). The topological polar surface area (TPSA) is 108 Å². The van der Waals surface area contributed by atoms with Crippen molar-refractivity contribution in [1.29, 1.82) is 0 Å². The number of nitro benzene ring substituents is 1. The van der Waals surface area contributed by atoms with E-state index in [4.69, 9.17) is 16.3 Å². The van der Waals surface area contributed by atoms with Crippen LogP contribution in [0.4, 0.5) is 20.2 Å². The Bertz CT molecular complexity index is 860. The van der Waals surface area contributed by atoms with E-state index in [1.165, 1.54) is 18.2 Å². The number of hydrogen-bond acceptors (Lipinski definition) is 6. The van der Waals surface area contributed by atoms with E-state index in [9.17, 15) is 28.5 Å². The molecule has 27 heavy (non-hydrogen) atoms. The van der Waals surface area contributed by atoms with Crippen LogP contribution < -0.4 is 10.1 Å². The number of anilines is 1. The third-order valence-electron chi connectivity index (χ3n) is 3.09. The summed E-state index contributed by atoms with van der Waals surface area (Å²) in [6.45, 7) is -3.64. The third kappa shape index (κ3) is 5.89. The molecular weight excluding hydrogens is 390 g/mol. The van der Waals surface area contributed by atoms with Crippen LogP contribution in [0.15, 0.2) is 42.5 Å². The molecule has 1 amide bonds. The molecular formula is C16H11ClF2N2O6. The summed E-state index contributed by atoms with van der Waals surface area (Å²) >= 11 is 5.83. The highest BCUT2D eigenvalue weighted by molar-refractivity contribution is 6.34. The lowest BCUT2D eigenvalue weighted by Crippen LogP contribution is -2.21. The van der Waals surface area contributed by atoms with Gasteiger partial charge in [0.2, 0.25) is 0 Å². The molecule has 0 saturated carbocycles. The fraction of sp³-hybridized carbons (Fsp3) is 0.125. The van der Waals surface area contributed by atoms with Gasteiger partial charge in [-0.05, 0) is 30.3 Å². The number of esters is 1. The minimum absolute atomic E-state index is 0.0257. The van der Waals surface area contributed by atoms with Crippen molar-refractivity contribution in [2.24, 2.45) is 0 Å². The second-order valence-electron chi connectivity index (χ2n) is 4.95. The van der Waals surface area contributed by atoms with Gasteiger partial charge in [0.05, 0.1) is 21.2 Å². The average Bonchev–Trinajstić information content (AvgIpc) is 2.61. The van der Waals surface area contributed by atoms with Gasteiger partial charge in [0.15, 0.2) is 6.61 Å². The first-order valence-corrected chi connectivity index (χ1v) is 7.60. The fourth-order valence-corrected chi connectivity index (χ4v) is 2.11. The zero-order valence-electron chi connectivity index (χ0n) is 13.4. The number of rotatable bonds is 7. The molecule has 2 aromatic carbocycles. The summed E-state index contributed by atoms with van der Waals surface area (Å²) in [5.74, 6) is -1.72. The van der Waals surface area contributed by atoms with E-state index in [0.717, 1.165) is 24.3 Å². The third-order valence-corrected chi connectivity index (χ3v) is 3.40. The maximum Gasteiger partial charge on any atom is 0.387 e. The Hall–Kier alpha value is -3.27. The Labute approximate surface area is 155 Å². The Morgan fingerprint density at radius 2 is 1.85 bits per heavy atom. The number of carbonyl (C=O) groups excluding carboxylic acids is 2. The number of nitrogens with zero attached hydrogens (tertiary/aromatic N) is 1. The van der Waals surface area contributed by atoms with Gasteiger partial charge in [-0.3, -0.25) is 14.9 Å². The molecule has 0 aliphatic heterocycles. The van der Waals surface area contributed by atoms with Crippen LogP contribution in [0.1, 0.15) is 10.4 Å². The van der Waals surface area contributed by atoms with Crippen LogP contribution in [0.5, 0.6) is 5.75 Å². The number of halogens is 3. The van der Waals surface area contributed by atoms with Crippen molar-refractivity contribution in [3.05, 3.63) is 63.2 Å². The van der Waals surface area contributed by atoms with Crippen molar-refractivity contribution < 1.29 is 32.8 Å². The molecule has 2 aromatic rings. The van der Waals surface area contributed by atoms with Gasteiger partial charge in [-0.2, -0.15) is 8.78 Å². The molecule has 0 aliphatic carbocycles. The first-order chi connectivity index (χ1) is 12.8. The second kappa shape index (κ2) is 8.90. The molecule has 142 valence electrons. The van der Waals surface area contributed by atoms with Crippen LogP contribution in [-0.2, 0) is 9.53 Å². The van der Waals surface area contributed by atoms with E-state index < -0.39 is 30.0 Å². The van der Waals surface area contributed by atoms with Crippen LogP contribution in [0.2, 0.25) is 5.02 Å². The smallest absolute Gasteiger partial charge is 0.387 e. The van der Waals surface area contributed by atoms with Gasteiger partial charge in [-0.15, -0.1) is 0 Å². The highest BCUT2D eigenvalue weighted by Crippen LogP contribution is 2.26. The lowest BCUT2D eigenvalue weighted by molar-refractivity contribution is -0.384. The number of amides is 1. The Kier molecular flexibility index (Phi) is 6.61. The summed E-state index contributed by atoms with van der Waals surface area (Å²) in [5, 5.41) is 12.9. The van der Waals surface area contributed by atoms with E-state index in [2.05, 4.69) is 10.1 Å². The summed E-state index contributed by atoms with van der Waals surface area (Å²) in [4.78, 5) is 33.6. The van der Waals surface area contributed by atoms with Gasteiger partial charge in [0.1, 0.15) is 5.75 Å². The number of hydrogen-bond donors (Lipinski definition) is 1. The van der Waals surface area contributed by atoms with E-state index >= 15 is 0 Å². The molecule has 0 radical (unpaired) electrons. The molecule has 8 nitrogen and oxygen atoms in total. The molecule has 0 saturated heterocycles. The van der Waals surface area contributed by atoms with Crippen LogP contribution in [0.25, 0.3) is 0 Å². The van der Waals surface area contributed by atoms with Crippen molar-refractivity contribution in [1.82, 2.24) is 0 Å². The number of alkyl halides is 2. The Morgan fingerprint density at radius 1 is 1.19 bits per heavy atom. The molecule has 0 unspecified atom stereocenters. The van der Waals surface area contributed by atoms with Crippen molar-refractivity contribution in [2.45, 2.75) is 6.61 Å². The van der Waals surface area contributed by atoms with E-state index in [1.54, 1.807) is 0 Å². The van der Waals surface area contributed by atoms with Crippen LogP contribution in [0.3, 0.4) is 0 Å². The van der Waals surface area contributed by atoms with Gasteiger partial charge in [-0.1, -0.05) is 11.6 Å². The average molecular weight is 401 g/mol. The minimum atomic E-state index is -2.99. The number of non-ortho nitro benzene ring substituents is 1. The summed E-state index contributed by atoms with van der Waals surface area (Å²) in [7, 11) is 0. The Morgan fingerprint density at radius 3 is 2.41 bits per heavy atom. The zero-order valence-corrected chi connectivity index (χ0v) is 14.1. The normalized spacial score (nSPS) is 10.4. The maximum atomic E-state index is 12.1. The monoisotopic (exact) mass is 400 g/mol. The van der Waals surface area contributed by atoms with Crippen LogP contribution in [-0.4, -0.2) is 30.0 Å². The largest absolute Gasteiger partial charge is 0.452 e. The standard InChI is InChI=1S/C16H11ClF2N2O6/c17-12-7-10(21(24)25)3-6-13(12)20-14(22)8-26-15(23)9-1-4-11(5-2-9)27-16(18)19/h1-7,16H,8H2,(H,20,22). The van der Waals surface area contributed by atoms with Gasteiger partial charge < -0.3 is 14.8 Å². The summed E-state index contributed by atoms with van der Waals surface area (Å²) in [5.41, 5.74) is -0.113. The molecule has 0 heterocycles. The lowest BCUT2D eigenvalue weighted by atomic mass is 10.2. The fourth-order valence-electron chi connectivity index (χ4n) is 1.89. The Balaban J connectivity index is 1.89. The first kappa shape index (κ1) is 20.0. The van der Waals surface area contributed by atoms with Gasteiger partial charge in [0, 0.05) is 12.1 Å². The van der Waals surface area contributed by atoms with E-state index in [1.807, 2.05) is 0 Å².